The lowest BCUT2D eigenvalue weighted by molar-refractivity contribution is -0.147. The van der Waals surface area contributed by atoms with Crippen molar-refractivity contribution in [3.63, 3.8) is 0 Å². The van der Waals surface area contributed by atoms with E-state index in [2.05, 4.69) is 10.6 Å². The summed E-state index contributed by atoms with van der Waals surface area (Å²) >= 11 is 0. The molecule has 1 aliphatic carbocycles. The number of aliphatic hydroxyl groups is 1. The zero-order valence-corrected chi connectivity index (χ0v) is 31.8. The fourth-order valence-electron chi connectivity index (χ4n) is 7.80. The highest BCUT2D eigenvalue weighted by Gasteiger charge is 2.62. The van der Waals surface area contributed by atoms with Crippen LogP contribution in [-0.2, 0) is 19.1 Å². The molecule has 288 valence electrons. The minimum atomic E-state index is -1.52. The number of alkyl carbamates (subject to hydrolysis) is 1. The SMILES string of the molecule is CCOC(=O)[C@@]12C[C@H]1/C=C\CCCCC[C@H](NC(=O)OC(C)(C)C)C(=O)N1CC3(C/C1=C(\O)N2)C[C@H](F)c1c(c(C(C)C)nc2ccc(OC)cc12)O3. The lowest BCUT2D eigenvalue weighted by atomic mass is 9.85. The number of rotatable bonds is 5. The highest BCUT2D eigenvalue weighted by atomic mass is 19.1. The van der Waals surface area contributed by atoms with Gasteiger partial charge >= 0.3 is 12.1 Å². The van der Waals surface area contributed by atoms with Gasteiger partial charge in [0.1, 0.15) is 40.5 Å². The van der Waals surface area contributed by atoms with Gasteiger partial charge < -0.3 is 39.6 Å². The molecule has 13 heteroatoms. The van der Waals surface area contributed by atoms with E-state index in [0.29, 0.717) is 52.9 Å². The third-order valence-electron chi connectivity index (χ3n) is 10.5. The number of hydrogen-bond acceptors (Lipinski definition) is 10. The van der Waals surface area contributed by atoms with E-state index >= 15 is 4.39 Å². The number of nitrogens with zero attached hydrogens (tertiary/aromatic N) is 2. The fourth-order valence-corrected chi connectivity index (χ4v) is 7.80. The molecule has 1 saturated carbocycles. The molecule has 12 nitrogen and oxygen atoms in total. The normalized spacial score (nSPS) is 29.5. The van der Waals surface area contributed by atoms with Crippen LogP contribution < -0.4 is 20.1 Å². The Hall–Kier alpha value is -4.55. The average Bonchev–Trinajstić information content (AvgIpc) is 3.66. The number of amides is 2. The number of fused-ring (bicyclic) bond motifs is 5. The second-order valence-electron chi connectivity index (χ2n) is 16.0. The van der Waals surface area contributed by atoms with Gasteiger partial charge in [0.25, 0.3) is 0 Å². The number of carbonyl (C=O) groups is 3. The third kappa shape index (κ3) is 7.75. The maximum absolute atomic E-state index is 16.9. The minimum Gasteiger partial charge on any atom is -0.497 e. The van der Waals surface area contributed by atoms with Crippen LogP contribution >= 0.6 is 0 Å². The molecule has 5 atom stereocenters. The number of ether oxygens (including phenoxy) is 4. The number of halogens is 1. The molecule has 53 heavy (non-hydrogen) atoms. The van der Waals surface area contributed by atoms with E-state index in [-0.39, 0.29) is 43.5 Å². The monoisotopic (exact) mass is 736 g/mol. The van der Waals surface area contributed by atoms with Crippen LogP contribution in [0.15, 0.2) is 41.9 Å². The van der Waals surface area contributed by atoms with Gasteiger partial charge in [-0.15, -0.1) is 0 Å². The number of aromatic nitrogens is 1. The first-order chi connectivity index (χ1) is 25.1. The molecule has 1 aromatic carbocycles. The van der Waals surface area contributed by atoms with Crippen LogP contribution in [0.5, 0.6) is 11.5 Å². The second-order valence-corrected chi connectivity index (χ2v) is 16.0. The maximum Gasteiger partial charge on any atom is 0.408 e. The van der Waals surface area contributed by atoms with E-state index in [4.69, 9.17) is 23.9 Å². The molecule has 3 N–H and O–H groups in total. The van der Waals surface area contributed by atoms with E-state index in [1.54, 1.807) is 53.0 Å². The molecule has 1 spiro atoms. The zero-order valence-electron chi connectivity index (χ0n) is 31.8. The molecule has 4 heterocycles. The second kappa shape index (κ2) is 14.7. The highest BCUT2D eigenvalue weighted by Crippen LogP contribution is 2.53. The summed E-state index contributed by atoms with van der Waals surface area (Å²) in [6.45, 7) is 10.9. The number of alkyl halides is 1. The minimum absolute atomic E-state index is 0.0658. The molecular weight excluding hydrogens is 683 g/mol. The molecular formula is C40H53FN4O8. The number of nitrogens with one attached hydrogen (secondary N) is 2. The van der Waals surface area contributed by atoms with Gasteiger partial charge in [0.15, 0.2) is 0 Å². The lowest BCUT2D eigenvalue weighted by Gasteiger charge is -2.38. The van der Waals surface area contributed by atoms with Crippen molar-refractivity contribution in [1.82, 2.24) is 20.5 Å². The molecule has 1 aromatic heterocycles. The number of esters is 1. The largest absolute Gasteiger partial charge is 0.497 e. The van der Waals surface area contributed by atoms with Gasteiger partial charge in [-0.3, -0.25) is 4.79 Å². The van der Waals surface area contributed by atoms with Crippen molar-refractivity contribution in [1.29, 1.82) is 0 Å². The van der Waals surface area contributed by atoms with Crippen LogP contribution in [0.1, 0.15) is 116 Å². The van der Waals surface area contributed by atoms with Crippen LogP contribution in [-0.4, -0.2) is 76.0 Å². The summed E-state index contributed by atoms with van der Waals surface area (Å²) < 4.78 is 40.2. The van der Waals surface area contributed by atoms with Crippen molar-refractivity contribution in [3.8, 4) is 11.5 Å². The first kappa shape index (κ1) is 38.2. The zero-order chi connectivity index (χ0) is 38.3. The number of pyridine rings is 1. The quantitative estimate of drug-likeness (QED) is 0.213. The van der Waals surface area contributed by atoms with Gasteiger partial charge in [0.2, 0.25) is 11.8 Å². The molecule has 2 amide bonds. The van der Waals surface area contributed by atoms with E-state index in [9.17, 15) is 19.5 Å². The number of allylic oxidation sites excluding steroid dienone is 1. The Kier molecular flexibility index (Phi) is 10.6. The molecule has 1 unspecified atom stereocenters. The molecule has 0 bridgehead atoms. The topological polar surface area (TPSA) is 149 Å². The number of aliphatic hydroxyl groups excluding tert-OH is 1. The van der Waals surface area contributed by atoms with Crippen LogP contribution in [0.3, 0.4) is 0 Å². The summed E-state index contributed by atoms with van der Waals surface area (Å²) in [5, 5.41) is 18.3. The van der Waals surface area contributed by atoms with Crippen molar-refractivity contribution in [3.05, 3.63) is 53.2 Å². The molecule has 3 aliphatic heterocycles. The molecule has 2 fully saturated rings. The van der Waals surface area contributed by atoms with Crippen LogP contribution in [0.4, 0.5) is 9.18 Å². The first-order valence-electron chi connectivity index (χ1n) is 18.8. The van der Waals surface area contributed by atoms with Gasteiger partial charge in [-0.2, -0.15) is 0 Å². The summed E-state index contributed by atoms with van der Waals surface area (Å²) in [6, 6.07) is 4.32. The van der Waals surface area contributed by atoms with E-state index in [1.165, 1.54) is 4.90 Å². The molecule has 2 aromatic rings. The standard InChI is InChI=1S/C40H53FN4O8/c1-8-51-36(48)40-19-24(40)14-12-10-9-11-13-15-29(43-37(49)53-38(4,5)6)35(47)45-22-39(21-30(45)34(46)44-40)20-27(41)31-26-18-25(50-7)16-17-28(26)42-32(23(2)3)33(31)52-39/h12,14,16-18,23-24,27,29,44,46H,8-11,13,15,19-22H2,1-7H3,(H,43,49)/b14-12-,34-30+/t24-,27+,29+,39?,40-/m1/s1. The van der Waals surface area contributed by atoms with Crippen molar-refractivity contribution in [2.45, 2.75) is 128 Å². The number of carbonyl (C=O) groups excluding carboxylic acids is 3. The van der Waals surface area contributed by atoms with Crippen molar-refractivity contribution < 1.29 is 42.8 Å². The van der Waals surface area contributed by atoms with Crippen molar-refractivity contribution in [2.24, 2.45) is 5.92 Å². The van der Waals surface area contributed by atoms with E-state index < -0.39 is 52.8 Å². The van der Waals surface area contributed by atoms with Crippen molar-refractivity contribution in [2.75, 3.05) is 20.3 Å². The van der Waals surface area contributed by atoms with Crippen molar-refractivity contribution >= 4 is 28.9 Å². The van der Waals surface area contributed by atoms with Gasteiger partial charge in [0.05, 0.1) is 37.2 Å². The number of hydrogen-bond donors (Lipinski definition) is 3. The number of methoxy groups -OCH3 is 1. The summed E-state index contributed by atoms with van der Waals surface area (Å²) in [4.78, 5) is 47.4. The molecule has 4 aliphatic rings. The Labute approximate surface area is 310 Å². The maximum atomic E-state index is 16.9. The average molecular weight is 737 g/mol. The van der Waals surface area contributed by atoms with Crippen LogP contribution in [0.2, 0.25) is 0 Å². The predicted molar refractivity (Wildman–Crippen MR) is 196 cm³/mol. The molecule has 0 radical (unpaired) electrons. The Balaban J connectivity index is 1.45. The Morgan fingerprint density at radius 3 is 2.68 bits per heavy atom. The smallest absolute Gasteiger partial charge is 0.408 e. The summed E-state index contributed by atoms with van der Waals surface area (Å²) in [5.41, 5.74) is -1.66. The van der Waals surface area contributed by atoms with E-state index in [1.807, 2.05) is 26.0 Å². The lowest BCUT2D eigenvalue weighted by Crippen LogP contribution is -2.51. The van der Waals surface area contributed by atoms with Gasteiger partial charge in [-0.1, -0.05) is 38.8 Å². The summed E-state index contributed by atoms with van der Waals surface area (Å²) in [6.07, 6.45) is 5.28. The number of benzene rings is 1. The molecule has 6 rings (SSSR count). The van der Waals surface area contributed by atoms with Crippen LogP contribution in [0, 0.1) is 5.92 Å². The van der Waals surface area contributed by atoms with Crippen LogP contribution in [0.25, 0.3) is 10.9 Å². The predicted octanol–water partition coefficient (Wildman–Crippen LogP) is 7.18. The Morgan fingerprint density at radius 2 is 1.98 bits per heavy atom. The van der Waals surface area contributed by atoms with Gasteiger partial charge in [-0.25, -0.2) is 19.0 Å². The van der Waals surface area contributed by atoms with Gasteiger partial charge in [0, 0.05) is 29.7 Å². The molecule has 1 saturated heterocycles. The fraction of sp³-hybridized carbons (Fsp3) is 0.600. The Bertz CT molecular complexity index is 1820. The van der Waals surface area contributed by atoms with Gasteiger partial charge in [-0.05, 0) is 77.5 Å². The summed E-state index contributed by atoms with van der Waals surface area (Å²) in [7, 11) is 1.55. The third-order valence-corrected chi connectivity index (χ3v) is 10.5. The first-order valence-corrected chi connectivity index (χ1v) is 18.8. The van der Waals surface area contributed by atoms with E-state index in [0.717, 1.165) is 19.3 Å². The summed E-state index contributed by atoms with van der Waals surface area (Å²) in [5.74, 6) is -0.931. The highest BCUT2D eigenvalue weighted by molar-refractivity contribution is 5.89. The Morgan fingerprint density at radius 1 is 1.21 bits per heavy atom.